The predicted molar refractivity (Wildman–Crippen MR) is 96.7 cm³/mol. The van der Waals surface area contributed by atoms with Crippen molar-refractivity contribution in [3.05, 3.63) is 64.0 Å². The molecular formula is C18H19N3O2S. The number of nitrogens with zero attached hydrogens (tertiary/aromatic N) is 2. The molecule has 0 saturated carbocycles. The largest absolute Gasteiger partial charge is 0.312 e. The van der Waals surface area contributed by atoms with E-state index in [2.05, 4.69) is 16.9 Å². The number of benzene rings is 1. The summed E-state index contributed by atoms with van der Waals surface area (Å²) < 4.78 is 1.78. The van der Waals surface area contributed by atoms with Gasteiger partial charge in [0, 0.05) is 25.1 Å². The third-order valence-electron chi connectivity index (χ3n) is 4.11. The van der Waals surface area contributed by atoms with E-state index in [1.165, 1.54) is 11.8 Å². The Hall–Kier alpha value is -2.34. The van der Waals surface area contributed by atoms with E-state index in [1.807, 2.05) is 38.2 Å². The Bertz CT molecular complexity index is 856. The minimum absolute atomic E-state index is 0.0889. The van der Waals surface area contributed by atoms with Crippen LogP contribution in [-0.2, 0) is 11.8 Å². The molecule has 1 aliphatic rings. The standard InChI is InChI=1S/C18H19N3O2S/c1-4-9-24-18-20-17(23)15-13(12-7-5-11(2)6-8-12)10-14(22)19-16(15)21(18)3/h4-8,13H,1,9-10H2,2-3H3,(H,19,22)/t13-/m0/s1. The molecule has 0 unspecified atom stereocenters. The number of anilines is 1. The third kappa shape index (κ3) is 3.01. The summed E-state index contributed by atoms with van der Waals surface area (Å²) in [6, 6.07) is 7.94. The summed E-state index contributed by atoms with van der Waals surface area (Å²) >= 11 is 1.42. The maximum Gasteiger partial charge on any atom is 0.279 e. The van der Waals surface area contributed by atoms with Gasteiger partial charge in [-0.15, -0.1) is 6.58 Å². The Morgan fingerprint density at radius 1 is 1.38 bits per heavy atom. The molecule has 0 radical (unpaired) electrons. The van der Waals surface area contributed by atoms with Crippen LogP contribution in [0.5, 0.6) is 0 Å². The molecule has 0 aliphatic carbocycles. The first-order valence-corrected chi connectivity index (χ1v) is 8.71. The number of nitrogens with one attached hydrogen (secondary N) is 1. The molecule has 6 heteroatoms. The molecule has 1 aliphatic heterocycles. The molecule has 24 heavy (non-hydrogen) atoms. The first-order valence-electron chi connectivity index (χ1n) is 7.72. The van der Waals surface area contributed by atoms with Crippen molar-refractivity contribution in [2.75, 3.05) is 11.1 Å². The topological polar surface area (TPSA) is 64.0 Å². The molecule has 124 valence electrons. The number of aromatic nitrogens is 2. The number of hydrogen-bond donors (Lipinski definition) is 1. The molecule has 0 bridgehead atoms. The molecule has 1 amide bonds. The van der Waals surface area contributed by atoms with E-state index in [0.29, 0.717) is 22.3 Å². The molecule has 0 spiro atoms. The van der Waals surface area contributed by atoms with Crippen LogP contribution in [0, 0.1) is 6.92 Å². The number of carbonyl (C=O) groups excluding carboxylic acids is 1. The van der Waals surface area contributed by atoms with Gasteiger partial charge in [0.15, 0.2) is 5.16 Å². The lowest BCUT2D eigenvalue weighted by Crippen LogP contribution is -2.33. The fraction of sp³-hybridized carbons (Fsp3) is 0.278. The molecule has 1 aromatic heterocycles. The number of carbonyl (C=O) groups is 1. The van der Waals surface area contributed by atoms with Crippen molar-refractivity contribution in [1.29, 1.82) is 0 Å². The van der Waals surface area contributed by atoms with E-state index in [-0.39, 0.29) is 23.8 Å². The summed E-state index contributed by atoms with van der Waals surface area (Å²) in [5, 5.41) is 3.41. The number of rotatable bonds is 4. The van der Waals surface area contributed by atoms with Crippen LogP contribution in [0.2, 0.25) is 0 Å². The van der Waals surface area contributed by atoms with Gasteiger partial charge >= 0.3 is 0 Å². The van der Waals surface area contributed by atoms with Crippen LogP contribution in [0.3, 0.4) is 0 Å². The Kier molecular flexibility index (Phi) is 4.57. The highest BCUT2D eigenvalue weighted by Crippen LogP contribution is 2.35. The van der Waals surface area contributed by atoms with E-state index in [4.69, 9.17) is 0 Å². The van der Waals surface area contributed by atoms with Gasteiger partial charge in [-0.2, -0.15) is 4.98 Å². The third-order valence-corrected chi connectivity index (χ3v) is 5.14. The summed E-state index contributed by atoms with van der Waals surface area (Å²) in [7, 11) is 1.81. The Balaban J connectivity index is 2.14. The van der Waals surface area contributed by atoms with E-state index >= 15 is 0 Å². The second-order valence-corrected chi connectivity index (χ2v) is 6.82. The number of fused-ring (bicyclic) bond motifs is 1. The molecule has 5 nitrogen and oxygen atoms in total. The maximum absolute atomic E-state index is 12.6. The molecule has 1 aromatic carbocycles. The first kappa shape index (κ1) is 16.5. The monoisotopic (exact) mass is 341 g/mol. The van der Waals surface area contributed by atoms with Crippen LogP contribution in [0.4, 0.5) is 5.82 Å². The summed E-state index contributed by atoms with van der Waals surface area (Å²) in [4.78, 5) is 29.1. The van der Waals surface area contributed by atoms with Gasteiger partial charge in [-0.25, -0.2) is 0 Å². The maximum atomic E-state index is 12.6. The highest BCUT2D eigenvalue weighted by atomic mass is 32.2. The van der Waals surface area contributed by atoms with Gasteiger partial charge in [-0.05, 0) is 12.5 Å². The zero-order valence-corrected chi connectivity index (χ0v) is 14.5. The zero-order chi connectivity index (χ0) is 17.3. The minimum Gasteiger partial charge on any atom is -0.312 e. The SMILES string of the molecule is C=CCSc1nc(=O)c2c(n1C)NC(=O)C[C@H]2c1ccc(C)cc1. The molecule has 3 rings (SSSR count). The molecular weight excluding hydrogens is 322 g/mol. The van der Waals surface area contributed by atoms with Crippen LogP contribution in [-0.4, -0.2) is 21.2 Å². The van der Waals surface area contributed by atoms with Crippen LogP contribution in [0.25, 0.3) is 0 Å². The molecule has 1 N–H and O–H groups in total. The van der Waals surface area contributed by atoms with Gasteiger partial charge < -0.3 is 9.88 Å². The average molecular weight is 341 g/mol. The smallest absolute Gasteiger partial charge is 0.279 e. The lowest BCUT2D eigenvalue weighted by atomic mass is 9.86. The predicted octanol–water partition coefficient (Wildman–Crippen LogP) is 2.84. The van der Waals surface area contributed by atoms with E-state index in [0.717, 1.165) is 11.1 Å². The van der Waals surface area contributed by atoms with Crippen molar-refractivity contribution in [2.45, 2.75) is 24.4 Å². The Labute approximate surface area is 144 Å². The highest BCUT2D eigenvalue weighted by Gasteiger charge is 2.31. The molecule has 1 atom stereocenters. The number of aryl methyl sites for hydroxylation is 1. The van der Waals surface area contributed by atoms with Gasteiger partial charge in [-0.1, -0.05) is 47.7 Å². The first-order chi connectivity index (χ1) is 11.5. The molecule has 0 fully saturated rings. The summed E-state index contributed by atoms with van der Waals surface area (Å²) in [6.07, 6.45) is 2.01. The number of thioether (sulfide) groups is 1. The lowest BCUT2D eigenvalue weighted by Gasteiger charge is -2.27. The Morgan fingerprint density at radius 2 is 2.08 bits per heavy atom. The lowest BCUT2D eigenvalue weighted by molar-refractivity contribution is -0.116. The van der Waals surface area contributed by atoms with Crippen LogP contribution in [0.15, 0.2) is 46.9 Å². The van der Waals surface area contributed by atoms with Crippen molar-refractivity contribution in [1.82, 2.24) is 9.55 Å². The van der Waals surface area contributed by atoms with Crippen LogP contribution in [0.1, 0.15) is 29.0 Å². The van der Waals surface area contributed by atoms with Gasteiger partial charge in [0.05, 0.1) is 5.56 Å². The number of hydrogen-bond acceptors (Lipinski definition) is 4. The van der Waals surface area contributed by atoms with Crippen LogP contribution < -0.4 is 10.9 Å². The second-order valence-electron chi connectivity index (χ2n) is 5.84. The minimum atomic E-state index is -0.278. The van der Waals surface area contributed by atoms with Gasteiger partial charge in [-0.3, -0.25) is 9.59 Å². The quantitative estimate of drug-likeness (QED) is 0.528. The fourth-order valence-corrected chi connectivity index (χ4v) is 3.58. The molecule has 2 aromatic rings. The van der Waals surface area contributed by atoms with Gasteiger partial charge in [0.1, 0.15) is 5.82 Å². The van der Waals surface area contributed by atoms with E-state index in [1.54, 1.807) is 10.6 Å². The fourth-order valence-electron chi connectivity index (χ4n) is 2.88. The number of amides is 1. The van der Waals surface area contributed by atoms with Gasteiger partial charge in [0.25, 0.3) is 5.56 Å². The van der Waals surface area contributed by atoms with Crippen molar-refractivity contribution >= 4 is 23.5 Å². The van der Waals surface area contributed by atoms with E-state index in [9.17, 15) is 9.59 Å². The Morgan fingerprint density at radius 3 is 2.75 bits per heavy atom. The van der Waals surface area contributed by atoms with Crippen LogP contribution >= 0.6 is 11.8 Å². The van der Waals surface area contributed by atoms with Crippen molar-refractivity contribution in [3.63, 3.8) is 0 Å². The summed E-state index contributed by atoms with van der Waals surface area (Å²) in [5.41, 5.74) is 2.38. The molecule has 0 saturated heterocycles. The summed E-state index contributed by atoms with van der Waals surface area (Å²) in [6.45, 7) is 5.69. The van der Waals surface area contributed by atoms with Crippen molar-refractivity contribution in [2.24, 2.45) is 7.05 Å². The normalized spacial score (nSPS) is 16.4. The van der Waals surface area contributed by atoms with Crippen molar-refractivity contribution < 1.29 is 4.79 Å². The summed E-state index contributed by atoms with van der Waals surface area (Å²) in [5.74, 6) is 0.838. The highest BCUT2D eigenvalue weighted by molar-refractivity contribution is 7.99. The van der Waals surface area contributed by atoms with Gasteiger partial charge in [0.2, 0.25) is 5.91 Å². The van der Waals surface area contributed by atoms with E-state index < -0.39 is 0 Å². The average Bonchev–Trinajstić information content (AvgIpc) is 2.56. The zero-order valence-electron chi connectivity index (χ0n) is 13.7. The molecule has 2 heterocycles. The van der Waals surface area contributed by atoms with Crippen molar-refractivity contribution in [3.8, 4) is 0 Å². The second kappa shape index (κ2) is 6.65.